The molecule has 0 bridgehead atoms. The summed E-state index contributed by atoms with van der Waals surface area (Å²) in [5.41, 5.74) is 2.13. The third-order valence-electron chi connectivity index (χ3n) is 3.79. The number of benzene rings is 2. The van der Waals surface area contributed by atoms with Gasteiger partial charge in [-0.15, -0.1) is 0 Å². The molecule has 138 valence electrons. The van der Waals surface area contributed by atoms with Crippen LogP contribution in [0.3, 0.4) is 0 Å². The van der Waals surface area contributed by atoms with E-state index >= 15 is 0 Å². The molecule has 0 saturated heterocycles. The molecule has 27 heavy (non-hydrogen) atoms. The normalized spacial score (nSPS) is 10.5. The van der Waals surface area contributed by atoms with Gasteiger partial charge in [-0.25, -0.2) is 4.98 Å². The van der Waals surface area contributed by atoms with Crippen LogP contribution in [0.2, 0.25) is 10.0 Å². The van der Waals surface area contributed by atoms with Crippen LogP contribution in [0.5, 0.6) is 11.6 Å². The Hall–Kier alpha value is -2.90. The lowest BCUT2D eigenvalue weighted by molar-refractivity contribution is -0.385. The number of aryl methyl sites for hydroxylation is 2. The number of anilines is 2. The summed E-state index contributed by atoms with van der Waals surface area (Å²) in [4.78, 5) is 18.9. The van der Waals surface area contributed by atoms with Crippen LogP contribution < -0.4 is 10.1 Å². The Bertz CT molecular complexity index is 1010. The number of nitrogens with zero attached hydrogens (tertiary/aromatic N) is 3. The van der Waals surface area contributed by atoms with Gasteiger partial charge in [0.2, 0.25) is 5.82 Å². The van der Waals surface area contributed by atoms with Crippen LogP contribution in [0, 0.1) is 24.0 Å². The van der Waals surface area contributed by atoms with E-state index in [0.29, 0.717) is 21.5 Å². The van der Waals surface area contributed by atoms with Gasteiger partial charge in [0.1, 0.15) is 12.1 Å². The zero-order valence-electron chi connectivity index (χ0n) is 14.4. The minimum Gasteiger partial charge on any atom is -0.434 e. The molecule has 0 atom stereocenters. The Kier molecular flexibility index (Phi) is 5.43. The van der Waals surface area contributed by atoms with Crippen molar-refractivity contribution in [3.8, 4) is 11.6 Å². The van der Waals surface area contributed by atoms with Gasteiger partial charge < -0.3 is 10.1 Å². The molecule has 0 unspecified atom stereocenters. The fourth-order valence-corrected chi connectivity index (χ4v) is 2.87. The van der Waals surface area contributed by atoms with Crippen molar-refractivity contribution in [3.63, 3.8) is 0 Å². The fraction of sp³-hybridized carbons (Fsp3) is 0.111. The molecule has 0 aliphatic carbocycles. The number of rotatable bonds is 5. The molecule has 7 nitrogen and oxygen atoms in total. The quantitative estimate of drug-likeness (QED) is 0.423. The minimum absolute atomic E-state index is 0.0350. The van der Waals surface area contributed by atoms with E-state index in [9.17, 15) is 10.1 Å². The Morgan fingerprint density at radius 1 is 1.04 bits per heavy atom. The first-order valence-corrected chi connectivity index (χ1v) is 8.56. The molecule has 1 aromatic heterocycles. The zero-order chi connectivity index (χ0) is 19.6. The van der Waals surface area contributed by atoms with Gasteiger partial charge in [-0.3, -0.25) is 10.1 Å². The van der Waals surface area contributed by atoms with Crippen molar-refractivity contribution in [2.24, 2.45) is 0 Å². The van der Waals surface area contributed by atoms with Crippen LogP contribution in [-0.4, -0.2) is 14.9 Å². The summed E-state index contributed by atoms with van der Waals surface area (Å²) in [6.07, 6.45) is 1.18. The Morgan fingerprint density at radius 3 is 2.37 bits per heavy atom. The molecule has 0 amide bonds. The molecule has 3 rings (SSSR count). The predicted octanol–water partition coefficient (Wildman–Crippen LogP) is 5.84. The number of halogens is 2. The maximum Gasteiger partial charge on any atom is 0.373 e. The van der Waals surface area contributed by atoms with Crippen molar-refractivity contribution >= 4 is 40.4 Å². The molecule has 0 aliphatic heterocycles. The summed E-state index contributed by atoms with van der Waals surface area (Å²) in [5, 5.41) is 15.2. The first-order chi connectivity index (χ1) is 12.8. The largest absolute Gasteiger partial charge is 0.434 e. The Labute approximate surface area is 165 Å². The van der Waals surface area contributed by atoms with E-state index in [4.69, 9.17) is 27.9 Å². The SMILES string of the molecule is Cc1ccc(Oc2ncnc(Nc3cc(Cl)cc(Cl)c3)c2[N+](=O)[O-])cc1C. The second kappa shape index (κ2) is 7.77. The fourth-order valence-electron chi connectivity index (χ4n) is 2.35. The first kappa shape index (κ1) is 18.9. The average molecular weight is 405 g/mol. The van der Waals surface area contributed by atoms with E-state index in [2.05, 4.69) is 15.3 Å². The zero-order valence-corrected chi connectivity index (χ0v) is 15.9. The van der Waals surface area contributed by atoms with E-state index < -0.39 is 10.6 Å². The second-order valence-corrected chi connectivity index (χ2v) is 6.64. The lowest BCUT2D eigenvalue weighted by Crippen LogP contribution is -2.03. The van der Waals surface area contributed by atoms with Crippen molar-refractivity contribution in [2.75, 3.05) is 5.32 Å². The van der Waals surface area contributed by atoms with E-state index in [0.717, 1.165) is 11.1 Å². The number of hydrogen-bond donors (Lipinski definition) is 1. The molecule has 0 fully saturated rings. The monoisotopic (exact) mass is 404 g/mol. The summed E-state index contributed by atoms with van der Waals surface area (Å²) in [6.45, 7) is 3.89. The smallest absolute Gasteiger partial charge is 0.373 e. The highest BCUT2D eigenvalue weighted by Gasteiger charge is 2.25. The van der Waals surface area contributed by atoms with Crippen molar-refractivity contribution in [1.82, 2.24) is 9.97 Å². The van der Waals surface area contributed by atoms with Crippen LogP contribution in [0.25, 0.3) is 0 Å². The minimum atomic E-state index is -0.606. The van der Waals surface area contributed by atoms with Gasteiger partial charge in [-0.2, -0.15) is 4.98 Å². The number of nitro groups is 1. The molecule has 2 aromatic carbocycles. The molecule has 1 heterocycles. The van der Waals surface area contributed by atoms with Crippen LogP contribution in [-0.2, 0) is 0 Å². The summed E-state index contributed by atoms with van der Waals surface area (Å²) < 4.78 is 5.65. The molecular formula is C18H14Cl2N4O3. The number of aromatic nitrogens is 2. The van der Waals surface area contributed by atoms with Gasteiger partial charge in [0, 0.05) is 15.7 Å². The second-order valence-electron chi connectivity index (χ2n) is 5.76. The van der Waals surface area contributed by atoms with Gasteiger partial charge in [0.05, 0.1) is 4.92 Å². The van der Waals surface area contributed by atoms with Gasteiger partial charge >= 0.3 is 11.6 Å². The molecule has 3 aromatic rings. The number of hydrogen-bond acceptors (Lipinski definition) is 6. The Balaban J connectivity index is 1.99. The predicted molar refractivity (Wildman–Crippen MR) is 104 cm³/mol. The van der Waals surface area contributed by atoms with Crippen molar-refractivity contribution < 1.29 is 9.66 Å². The molecular weight excluding hydrogens is 391 g/mol. The molecule has 1 N–H and O–H groups in total. The molecule has 0 saturated carbocycles. The van der Waals surface area contributed by atoms with Crippen LogP contribution in [0.15, 0.2) is 42.7 Å². The first-order valence-electron chi connectivity index (χ1n) is 7.81. The van der Waals surface area contributed by atoms with Crippen molar-refractivity contribution in [1.29, 1.82) is 0 Å². The summed E-state index contributed by atoms with van der Waals surface area (Å²) in [5.74, 6) is 0.234. The summed E-state index contributed by atoms with van der Waals surface area (Å²) in [6, 6.07) is 10.1. The maximum atomic E-state index is 11.6. The number of ether oxygens (including phenoxy) is 1. The maximum absolute atomic E-state index is 11.6. The third kappa shape index (κ3) is 4.45. The molecule has 0 spiro atoms. The van der Waals surface area contributed by atoms with Gasteiger partial charge in [0.25, 0.3) is 0 Å². The van der Waals surface area contributed by atoms with E-state index in [1.165, 1.54) is 6.33 Å². The van der Waals surface area contributed by atoms with Crippen LogP contribution >= 0.6 is 23.2 Å². The van der Waals surface area contributed by atoms with Crippen LogP contribution in [0.1, 0.15) is 11.1 Å². The third-order valence-corrected chi connectivity index (χ3v) is 4.23. The molecule has 9 heteroatoms. The van der Waals surface area contributed by atoms with Crippen molar-refractivity contribution in [3.05, 3.63) is 74.0 Å². The number of nitrogens with one attached hydrogen (secondary N) is 1. The highest BCUT2D eigenvalue weighted by atomic mass is 35.5. The highest BCUT2D eigenvalue weighted by molar-refractivity contribution is 6.35. The van der Waals surface area contributed by atoms with E-state index in [-0.39, 0.29) is 11.7 Å². The summed E-state index contributed by atoms with van der Waals surface area (Å²) >= 11 is 11.9. The highest BCUT2D eigenvalue weighted by Crippen LogP contribution is 2.36. The van der Waals surface area contributed by atoms with E-state index in [1.807, 2.05) is 19.9 Å². The molecule has 0 radical (unpaired) electrons. The standard InChI is InChI=1S/C18H14Cl2N4O3/c1-10-3-4-15(5-11(10)2)27-18-16(24(25)26)17(21-9-22-18)23-14-7-12(19)6-13(20)8-14/h3-9H,1-2H3,(H,21,22,23). The van der Waals surface area contributed by atoms with Gasteiger partial charge in [-0.05, 0) is 55.3 Å². The lowest BCUT2D eigenvalue weighted by atomic mass is 10.1. The summed E-state index contributed by atoms with van der Waals surface area (Å²) in [7, 11) is 0. The Morgan fingerprint density at radius 2 is 1.74 bits per heavy atom. The van der Waals surface area contributed by atoms with E-state index in [1.54, 1.807) is 30.3 Å². The lowest BCUT2D eigenvalue weighted by Gasteiger charge is -2.10. The topological polar surface area (TPSA) is 90.2 Å². The van der Waals surface area contributed by atoms with Crippen LogP contribution in [0.4, 0.5) is 17.2 Å². The average Bonchev–Trinajstić information content (AvgIpc) is 2.57. The molecule has 0 aliphatic rings. The van der Waals surface area contributed by atoms with Crippen molar-refractivity contribution in [2.45, 2.75) is 13.8 Å². The van der Waals surface area contributed by atoms with Gasteiger partial charge in [-0.1, -0.05) is 29.3 Å². The van der Waals surface area contributed by atoms with Gasteiger partial charge in [0.15, 0.2) is 0 Å².